The highest BCUT2D eigenvalue weighted by Gasteiger charge is 2.50. The number of aliphatic hydroxyl groups excluding tert-OH is 3. The van der Waals surface area contributed by atoms with Crippen LogP contribution >= 0.6 is 0 Å². The Kier molecular flexibility index (Phi) is 12.5. The van der Waals surface area contributed by atoms with E-state index in [9.17, 15) is 34.8 Å². The van der Waals surface area contributed by atoms with Crippen LogP contribution in [0, 0.1) is 30.6 Å². The first-order valence-electron chi connectivity index (χ1n) is 20.4. The monoisotopic (exact) mass is 828 g/mol. The van der Waals surface area contributed by atoms with Gasteiger partial charge in [0.05, 0.1) is 48.2 Å². The number of nitrogens with one attached hydrogen (secondary N) is 1. The molecule has 4 aliphatic heterocycles. The van der Waals surface area contributed by atoms with E-state index in [1.165, 1.54) is 46.3 Å². The maximum atomic E-state index is 14.8. The van der Waals surface area contributed by atoms with E-state index in [0.717, 1.165) is 5.56 Å². The molecule has 0 spiro atoms. The van der Waals surface area contributed by atoms with Gasteiger partial charge in [-0.2, -0.15) is 0 Å². The fraction of sp³-hybridized carbons (Fsp3) is 0.478. The zero-order chi connectivity index (χ0) is 44.1. The van der Waals surface area contributed by atoms with Crippen molar-refractivity contribution in [2.45, 2.75) is 105 Å². The molecule has 2 aromatic rings. The number of nitrogens with zero attached hydrogens (tertiary/aromatic N) is 1. The van der Waals surface area contributed by atoms with Crippen molar-refractivity contribution >= 4 is 39.2 Å². The molecule has 1 amide bonds. The third-order valence-electron chi connectivity index (χ3n) is 12.1. The molecule has 0 aromatic heterocycles. The van der Waals surface area contributed by atoms with Gasteiger partial charge in [-0.15, -0.1) is 0 Å². The summed E-state index contributed by atoms with van der Waals surface area (Å²) in [7, 11) is 1.45. The van der Waals surface area contributed by atoms with Crippen LogP contribution in [0.5, 0.6) is 17.2 Å². The molecule has 60 heavy (non-hydrogen) atoms. The fourth-order valence-corrected chi connectivity index (χ4v) is 8.22. The number of phenolic OH excluding ortho intramolecular Hbond substituents is 1. The Morgan fingerprint density at radius 2 is 1.62 bits per heavy atom. The van der Waals surface area contributed by atoms with Crippen molar-refractivity contribution in [1.29, 1.82) is 0 Å². The zero-order valence-corrected chi connectivity index (χ0v) is 35.9. The third kappa shape index (κ3) is 7.54. The average molecular weight is 829 g/mol. The molecule has 0 radical (unpaired) electrons. The minimum atomic E-state index is -2.01. The number of Topliss-reactive ketones (excluding diaryl/α,β-unsaturated/α-hetero) is 1. The van der Waals surface area contributed by atoms with Gasteiger partial charge in [0.25, 0.3) is 11.7 Å². The van der Waals surface area contributed by atoms with Crippen LogP contribution < -0.4 is 20.2 Å². The van der Waals surface area contributed by atoms with Crippen LogP contribution in [-0.2, 0) is 14.3 Å². The van der Waals surface area contributed by atoms with Crippen LogP contribution in [0.25, 0.3) is 33.3 Å². The molecule has 7 rings (SSSR count). The second kappa shape index (κ2) is 17.0. The van der Waals surface area contributed by atoms with Crippen molar-refractivity contribution in [3.63, 3.8) is 0 Å². The van der Waals surface area contributed by atoms with E-state index in [-0.39, 0.29) is 68.5 Å². The molecule has 0 saturated heterocycles. The lowest BCUT2D eigenvalue weighted by molar-refractivity contribution is -0.112. The number of anilines is 1. The highest BCUT2D eigenvalue weighted by atomic mass is 16.7. The second-order valence-corrected chi connectivity index (χ2v) is 16.6. The number of carbonyl (C=O) groups excluding carboxylic acids is 2. The van der Waals surface area contributed by atoms with Crippen LogP contribution in [0.4, 0.5) is 5.69 Å². The molecule has 0 saturated carbocycles. The number of rotatable bonds is 4. The van der Waals surface area contributed by atoms with Crippen molar-refractivity contribution in [2.24, 2.45) is 23.7 Å². The number of phenols is 1. The van der Waals surface area contributed by atoms with Gasteiger partial charge in [-0.3, -0.25) is 14.4 Å². The van der Waals surface area contributed by atoms with E-state index in [1.807, 2.05) is 26.8 Å². The summed E-state index contributed by atoms with van der Waals surface area (Å²) in [6.07, 6.45) is 3.53. The van der Waals surface area contributed by atoms with Gasteiger partial charge in [0.2, 0.25) is 5.43 Å². The molecule has 1 aliphatic carbocycles. The van der Waals surface area contributed by atoms with E-state index in [1.54, 1.807) is 45.9 Å². The van der Waals surface area contributed by atoms with Gasteiger partial charge >= 0.3 is 5.79 Å². The second-order valence-electron chi connectivity index (χ2n) is 16.6. The number of aliphatic hydroxyl groups is 3. The maximum Gasteiger partial charge on any atom is 0.312 e. The van der Waals surface area contributed by atoms with Gasteiger partial charge in [-0.1, -0.05) is 65.8 Å². The SMILES string of the molecule is CCOc1c(C(C)C)ccc2nc3c4c5c6c(C)c(O)c4c(=O)c(c-3oc12)NC(=O)/C(C)=C\C=C\[C@H](C)[C@H](O)[C@@H](C)[C@@H](O)[C@@H](C)[C@H](O)[C@H](C)[C@@H](OC)/C=C/O[C@@](C)(O6)C5=O. The summed E-state index contributed by atoms with van der Waals surface area (Å²) >= 11 is 0. The number of ether oxygens (including phenoxy) is 4. The van der Waals surface area contributed by atoms with Crippen molar-refractivity contribution in [3.05, 3.63) is 75.2 Å². The normalized spacial score (nSPS) is 30.0. The Hall–Kier alpha value is -5.28. The highest BCUT2D eigenvalue weighted by Crippen LogP contribution is 2.51. The number of hydrogen-bond acceptors (Lipinski definition) is 13. The third-order valence-corrected chi connectivity index (χ3v) is 12.1. The lowest BCUT2D eigenvalue weighted by Crippen LogP contribution is -2.44. The zero-order valence-electron chi connectivity index (χ0n) is 35.9. The predicted molar refractivity (Wildman–Crippen MR) is 227 cm³/mol. The minimum Gasteiger partial charge on any atom is -0.507 e. The van der Waals surface area contributed by atoms with E-state index >= 15 is 0 Å². The topological polar surface area (TPSA) is 207 Å². The number of fused-ring (bicyclic) bond motifs is 14. The number of carbonyl (C=O) groups is 2. The Labute approximate surface area is 348 Å². The van der Waals surface area contributed by atoms with Gasteiger partial charge < -0.3 is 49.1 Å². The molecule has 0 fully saturated rings. The summed E-state index contributed by atoms with van der Waals surface area (Å²) in [4.78, 5) is 48.2. The van der Waals surface area contributed by atoms with Crippen LogP contribution in [0.1, 0.15) is 89.7 Å². The molecule has 322 valence electrons. The van der Waals surface area contributed by atoms with Crippen molar-refractivity contribution in [3.8, 4) is 28.7 Å². The first kappa shape index (κ1) is 44.3. The minimum absolute atomic E-state index is 0.00850. The largest absolute Gasteiger partial charge is 0.507 e. The van der Waals surface area contributed by atoms with Crippen LogP contribution in [0.15, 0.2) is 57.5 Å². The average Bonchev–Trinajstić information content (AvgIpc) is 3.48. The number of aromatic nitrogens is 1. The number of ketones is 1. The summed E-state index contributed by atoms with van der Waals surface area (Å²) in [5.41, 5.74) is 0.318. The number of hydrogen-bond donors (Lipinski definition) is 5. The molecule has 0 unspecified atom stereocenters. The molecule has 5 aliphatic rings. The van der Waals surface area contributed by atoms with Crippen LogP contribution in [0.3, 0.4) is 0 Å². The maximum absolute atomic E-state index is 14.8. The number of allylic oxidation sites excluding steroid dienone is 2. The first-order valence-corrected chi connectivity index (χ1v) is 20.4. The van der Waals surface area contributed by atoms with Gasteiger partial charge in [0, 0.05) is 59.8 Å². The summed E-state index contributed by atoms with van der Waals surface area (Å²) in [6.45, 7) is 17.4. The Balaban J connectivity index is 1.64. The van der Waals surface area contributed by atoms with E-state index in [4.69, 9.17) is 28.3 Å². The lowest BCUT2D eigenvalue weighted by Gasteiger charge is -2.36. The van der Waals surface area contributed by atoms with Crippen LogP contribution in [0.2, 0.25) is 0 Å². The highest BCUT2D eigenvalue weighted by molar-refractivity contribution is 6.22. The Morgan fingerprint density at radius 1 is 0.950 bits per heavy atom. The summed E-state index contributed by atoms with van der Waals surface area (Å²) in [5, 5.41) is 48.1. The van der Waals surface area contributed by atoms with Crippen LogP contribution in [-0.4, -0.2) is 81.0 Å². The standard InChI is InChI=1S/C46H56N2O12/c1-12-57-41-27(20(2)3)16-17-28-42(41)59-43-33(47-28)30-31-38(52)26(9)40-32(30)44(54)46(10,60-40)58-19-18-29(56-11)23(6)36(50)25(8)37(51)24(7)35(49)21(4)14-13-15-22(5)45(55)48-34(43)39(31)53/h13-21,23-25,29,35-37,49-52H,12H2,1-11H3,(H,48,55)/b14-13+,19-18+,22-15-/t21-,23+,24+,25-,29-,35-,36+,37+,46-/m0/s1. The predicted octanol–water partition coefficient (Wildman–Crippen LogP) is 6.90. The molecule has 5 bridgehead atoms. The summed E-state index contributed by atoms with van der Waals surface area (Å²) in [5.74, 6) is -6.12. The van der Waals surface area contributed by atoms with Gasteiger partial charge in [-0.25, -0.2) is 4.98 Å². The molecule has 14 nitrogen and oxygen atoms in total. The van der Waals surface area contributed by atoms with Crippen molar-refractivity contribution in [1.82, 2.24) is 4.98 Å². The van der Waals surface area contributed by atoms with E-state index in [0.29, 0.717) is 11.3 Å². The van der Waals surface area contributed by atoms with E-state index in [2.05, 4.69) is 5.32 Å². The Morgan fingerprint density at radius 3 is 2.27 bits per heavy atom. The van der Waals surface area contributed by atoms with Gasteiger partial charge in [0.15, 0.2) is 17.1 Å². The smallest absolute Gasteiger partial charge is 0.312 e. The number of amides is 1. The lowest BCUT2D eigenvalue weighted by atomic mass is 9.78. The fourth-order valence-electron chi connectivity index (χ4n) is 8.22. The quantitative estimate of drug-likeness (QED) is 0.105. The first-order chi connectivity index (χ1) is 28.3. The molecule has 5 N–H and O–H groups in total. The summed E-state index contributed by atoms with van der Waals surface area (Å²) < 4.78 is 30.6. The number of benzene rings is 3. The molecular weight excluding hydrogens is 773 g/mol. The molecular formula is C46H56N2O12. The molecule has 4 heterocycles. The van der Waals surface area contributed by atoms with Crippen molar-refractivity contribution < 1.29 is 53.4 Å². The van der Waals surface area contributed by atoms with E-state index < -0.39 is 76.7 Å². The number of methoxy groups -OCH3 is 1. The molecule has 9 atom stereocenters. The van der Waals surface area contributed by atoms with Gasteiger partial charge in [-0.05, 0) is 38.8 Å². The van der Waals surface area contributed by atoms with Gasteiger partial charge in [0.1, 0.15) is 28.4 Å². The summed E-state index contributed by atoms with van der Waals surface area (Å²) in [6, 6.07) is 3.59. The Bertz CT molecular complexity index is 2450. The molecule has 14 heteroatoms. The molecule has 2 aromatic carbocycles. The number of aromatic hydroxyl groups is 1. The van der Waals surface area contributed by atoms with Crippen molar-refractivity contribution in [2.75, 3.05) is 19.0 Å².